The minimum atomic E-state index is -0.371. The highest BCUT2D eigenvalue weighted by Gasteiger charge is 2.24. The molecule has 6 nitrogen and oxygen atoms in total. The number of benzene rings is 1. The van der Waals surface area contributed by atoms with Crippen molar-refractivity contribution >= 4 is 28.1 Å². The first-order chi connectivity index (χ1) is 9.74. The first-order valence-corrected chi connectivity index (χ1v) is 7.16. The fourth-order valence-corrected chi connectivity index (χ4v) is 2.84. The molecule has 0 bridgehead atoms. The lowest BCUT2D eigenvalue weighted by atomic mass is 10.2. The molecule has 1 aromatic carbocycles. The Labute approximate surface area is 120 Å². The van der Waals surface area contributed by atoms with Gasteiger partial charge >= 0.3 is 0 Å². The number of anilines is 2. The number of amides is 1. The number of rotatable bonds is 3. The largest absolute Gasteiger partial charge is 0.398 e. The van der Waals surface area contributed by atoms with Gasteiger partial charge in [-0.25, -0.2) is 0 Å². The Morgan fingerprint density at radius 2 is 2.25 bits per heavy atom. The molecule has 20 heavy (non-hydrogen) atoms. The van der Waals surface area contributed by atoms with Crippen molar-refractivity contribution in [2.45, 2.75) is 18.9 Å². The number of carbonyl (C=O) groups is 1. The zero-order chi connectivity index (χ0) is 13.9. The van der Waals surface area contributed by atoms with E-state index in [0.717, 1.165) is 18.4 Å². The van der Waals surface area contributed by atoms with Gasteiger partial charge in [0.25, 0.3) is 5.91 Å². The molecule has 1 aliphatic heterocycles. The van der Waals surface area contributed by atoms with E-state index in [1.165, 1.54) is 11.3 Å². The first-order valence-electron chi connectivity index (χ1n) is 6.35. The lowest BCUT2D eigenvalue weighted by Gasteiger charge is -2.07. The van der Waals surface area contributed by atoms with Crippen LogP contribution in [0.1, 0.15) is 12.8 Å². The summed E-state index contributed by atoms with van der Waals surface area (Å²) in [5.74, 6) is -0.161. The summed E-state index contributed by atoms with van der Waals surface area (Å²) in [6.07, 6.45) is 1.30. The van der Waals surface area contributed by atoms with E-state index in [-0.39, 0.29) is 12.0 Å². The molecule has 2 aromatic rings. The number of nitrogens with zero attached hydrogens (tertiary/aromatic N) is 2. The van der Waals surface area contributed by atoms with Crippen LogP contribution in [0.5, 0.6) is 0 Å². The summed E-state index contributed by atoms with van der Waals surface area (Å²) in [7, 11) is 0. The molecule has 1 aromatic heterocycles. The minimum absolute atomic E-state index is 0.161. The molecule has 3 rings (SSSR count). The Kier molecular flexibility index (Phi) is 3.62. The maximum Gasteiger partial charge on any atom is 0.255 e. The Bertz CT molecular complexity index is 622. The van der Waals surface area contributed by atoms with Gasteiger partial charge in [0.1, 0.15) is 6.10 Å². The lowest BCUT2D eigenvalue weighted by molar-refractivity contribution is -0.124. The number of hydrogen-bond acceptors (Lipinski definition) is 6. The van der Waals surface area contributed by atoms with Crippen molar-refractivity contribution in [2.24, 2.45) is 0 Å². The third-order valence-electron chi connectivity index (χ3n) is 3.07. The van der Waals surface area contributed by atoms with Crippen LogP contribution in [0, 0.1) is 0 Å². The van der Waals surface area contributed by atoms with Gasteiger partial charge in [-0.15, -0.1) is 10.2 Å². The van der Waals surface area contributed by atoms with E-state index >= 15 is 0 Å². The molecule has 0 spiro atoms. The van der Waals surface area contributed by atoms with Crippen LogP contribution < -0.4 is 11.1 Å². The van der Waals surface area contributed by atoms with E-state index in [4.69, 9.17) is 10.5 Å². The van der Waals surface area contributed by atoms with Gasteiger partial charge in [-0.3, -0.25) is 10.1 Å². The molecule has 104 valence electrons. The minimum Gasteiger partial charge on any atom is -0.398 e. The predicted octanol–water partition coefficient (Wildman–Crippen LogP) is 1.90. The van der Waals surface area contributed by atoms with E-state index in [0.29, 0.717) is 22.4 Å². The zero-order valence-electron chi connectivity index (χ0n) is 10.7. The molecule has 0 saturated carbocycles. The Morgan fingerprint density at radius 1 is 1.40 bits per heavy atom. The molecule has 1 unspecified atom stereocenters. The van der Waals surface area contributed by atoms with Gasteiger partial charge in [-0.1, -0.05) is 23.5 Å². The molecule has 1 fully saturated rings. The van der Waals surface area contributed by atoms with Gasteiger partial charge < -0.3 is 10.5 Å². The second-order valence-corrected chi connectivity index (χ2v) is 5.47. The normalized spacial score (nSPS) is 18.1. The highest BCUT2D eigenvalue weighted by molar-refractivity contribution is 7.18. The SMILES string of the molecule is Nc1ccccc1-c1nnc(NC(=O)C2CCCO2)s1. The Morgan fingerprint density at radius 3 is 3.00 bits per heavy atom. The van der Waals surface area contributed by atoms with E-state index < -0.39 is 0 Å². The van der Waals surface area contributed by atoms with E-state index in [9.17, 15) is 4.79 Å². The number of nitrogen functional groups attached to an aromatic ring is 1. The van der Waals surface area contributed by atoms with Crippen LogP contribution in [-0.2, 0) is 9.53 Å². The van der Waals surface area contributed by atoms with Crippen LogP contribution in [0.4, 0.5) is 10.8 Å². The number of ether oxygens (including phenoxy) is 1. The second kappa shape index (κ2) is 5.56. The smallest absolute Gasteiger partial charge is 0.255 e. The van der Waals surface area contributed by atoms with E-state index in [2.05, 4.69) is 15.5 Å². The quantitative estimate of drug-likeness (QED) is 0.843. The first kappa shape index (κ1) is 13.0. The van der Waals surface area contributed by atoms with Gasteiger partial charge in [0.05, 0.1) is 0 Å². The van der Waals surface area contributed by atoms with Crippen LogP contribution in [-0.4, -0.2) is 28.8 Å². The fourth-order valence-electron chi connectivity index (χ4n) is 2.04. The van der Waals surface area contributed by atoms with Crippen LogP contribution in [0.3, 0.4) is 0 Å². The summed E-state index contributed by atoms with van der Waals surface area (Å²) in [5.41, 5.74) is 7.36. The average molecular weight is 290 g/mol. The molecule has 0 radical (unpaired) electrons. The lowest BCUT2D eigenvalue weighted by Crippen LogP contribution is -2.26. The number of nitrogens with one attached hydrogen (secondary N) is 1. The summed E-state index contributed by atoms with van der Waals surface area (Å²) in [5, 5.41) is 11.9. The number of para-hydroxylation sites is 1. The molecular formula is C13H14N4O2S. The van der Waals surface area contributed by atoms with Gasteiger partial charge in [0, 0.05) is 17.9 Å². The van der Waals surface area contributed by atoms with E-state index in [1.54, 1.807) is 6.07 Å². The summed E-state index contributed by atoms with van der Waals surface area (Å²) < 4.78 is 5.32. The summed E-state index contributed by atoms with van der Waals surface area (Å²) in [6.45, 7) is 0.639. The Balaban J connectivity index is 1.74. The molecule has 0 aliphatic carbocycles. The van der Waals surface area contributed by atoms with Gasteiger partial charge in [-0.2, -0.15) is 0 Å². The zero-order valence-corrected chi connectivity index (χ0v) is 11.5. The van der Waals surface area contributed by atoms with Crippen molar-refractivity contribution in [1.82, 2.24) is 10.2 Å². The van der Waals surface area contributed by atoms with Crippen LogP contribution in [0.15, 0.2) is 24.3 Å². The summed E-state index contributed by atoms with van der Waals surface area (Å²) in [4.78, 5) is 11.9. The fraction of sp³-hybridized carbons (Fsp3) is 0.308. The van der Waals surface area contributed by atoms with Crippen molar-refractivity contribution in [2.75, 3.05) is 17.7 Å². The topological polar surface area (TPSA) is 90.1 Å². The van der Waals surface area contributed by atoms with E-state index in [1.807, 2.05) is 18.2 Å². The predicted molar refractivity (Wildman–Crippen MR) is 77.4 cm³/mol. The van der Waals surface area contributed by atoms with Gasteiger partial charge in [-0.05, 0) is 25.0 Å². The highest BCUT2D eigenvalue weighted by Crippen LogP contribution is 2.30. The van der Waals surface area contributed by atoms with Gasteiger partial charge in [0.15, 0.2) is 5.01 Å². The molecule has 1 atom stereocenters. The molecule has 7 heteroatoms. The molecule has 3 N–H and O–H groups in total. The van der Waals surface area contributed by atoms with Crippen molar-refractivity contribution in [3.05, 3.63) is 24.3 Å². The number of carbonyl (C=O) groups excluding carboxylic acids is 1. The molecular weight excluding hydrogens is 276 g/mol. The number of aromatic nitrogens is 2. The second-order valence-electron chi connectivity index (χ2n) is 4.49. The molecule has 1 aliphatic rings. The highest BCUT2D eigenvalue weighted by atomic mass is 32.1. The van der Waals surface area contributed by atoms with Crippen molar-refractivity contribution < 1.29 is 9.53 Å². The van der Waals surface area contributed by atoms with Crippen LogP contribution in [0.2, 0.25) is 0 Å². The summed E-state index contributed by atoms with van der Waals surface area (Å²) in [6, 6.07) is 7.43. The van der Waals surface area contributed by atoms with Crippen LogP contribution >= 0.6 is 11.3 Å². The molecule has 2 heterocycles. The monoisotopic (exact) mass is 290 g/mol. The number of nitrogens with two attached hydrogens (primary N) is 1. The number of hydrogen-bond donors (Lipinski definition) is 2. The third kappa shape index (κ3) is 2.63. The molecule has 1 saturated heterocycles. The maximum atomic E-state index is 11.9. The Hall–Kier alpha value is -1.99. The van der Waals surface area contributed by atoms with Gasteiger partial charge in [0.2, 0.25) is 5.13 Å². The van der Waals surface area contributed by atoms with Crippen molar-refractivity contribution in [1.29, 1.82) is 0 Å². The molecule has 1 amide bonds. The summed E-state index contributed by atoms with van der Waals surface area (Å²) >= 11 is 1.30. The van der Waals surface area contributed by atoms with Crippen molar-refractivity contribution in [3.8, 4) is 10.6 Å². The van der Waals surface area contributed by atoms with Crippen LogP contribution in [0.25, 0.3) is 10.6 Å². The standard InChI is InChI=1S/C13H14N4O2S/c14-9-5-2-1-4-8(9)12-16-17-13(20-12)15-11(18)10-6-3-7-19-10/h1-2,4-5,10H,3,6-7,14H2,(H,15,17,18). The average Bonchev–Trinajstić information content (AvgIpc) is 3.10. The van der Waals surface area contributed by atoms with Crippen molar-refractivity contribution in [3.63, 3.8) is 0 Å². The third-order valence-corrected chi connectivity index (χ3v) is 3.94. The maximum absolute atomic E-state index is 11.9.